The van der Waals surface area contributed by atoms with E-state index >= 15 is 0 Å². The Bertz CT molecular complexity index is 992. The highest BCUT2D eigenvalue weighted by Crippen LogP contribution is 2.30. The minimum absolute atomic E-state index is 0.104. The smallest absolute Gasteiger partial charge is 0.416 e. The summed E-state index contributed by atoms with van der Waals surface area (Å²) in [4.78, 5) is 42.6. The molecule has 12 heteroatoms. The van der Waals surface area contributed by atoms with Gasteiger partial charge in [0.25, 0.3) is 0 Å². The Morgan fingerprint density at radius 3 is 1.42 bits per heavy atom. The quantitative estimate of drug-likeness (QED) is 0.272. The van der Waals surface area contributed by atoms with Crippen molar-refractivity contribution in [3.63, 3.8) is 0 Å². The summed E-state index contributed by atoms with van der Waals surface area (Å²) in [6.45, 7) is 1.83. The molecular formula is C21H16F6O6. The lowest BCUT2D eigenvalue weighted by Crippen LogP contribution is -2.16. The van der Waals surface area contributed by atoms with Crippen LogP contribution in [0.4, 0.5) is 26.3 Å². The topological polar surface area (TPSA) is 86.7 Å². The van der Waals surface area contributed by atoms with Gasteiger partial charge in [-0.2, -0.15) is 26.3 Å². The second-order valence-corrected chi connectivity index (χ2v) is 6.29. The van der Waals surface area contributed by atoms with Crippen LogP contribution >= 0.6 is 0 Å². The summed E-state index contributed by atoms with van der Waals surface area (Å²) >= 11 is 0. The molecule has 6 nitrogen and oxygen atoms in total. The fourth-order valence-corrected chi connectivity index (χ4v) is 1.93. The van der Waals surface area contributed by atoms with E-state index in [9.17, 15) is 45.5 Å². The van der Waals surface area contributed by atoms with Gasteiger partial charge in [-0.3, -0.25) is 9.59 Å². The van der Waals surface area contributed by atoms with Crippen LogP contribution in [0.25, 0.3) is 0 Å². The molecule has 178 valence electrons. The predicted molar refractivity (Wildman–Crippen MR) is 99.7 cm³/mol. The zero-order valence-electron chi connectivity index (χ0n) is 17.0. The van der Waals surface area contributed by atoms with Gasteiger partial charge in [0.05, 0.1) is 11.1 Å². The molecule has 0 N–H and O–H groups in total. The van der Waals surface area contributed by atoms with Crippen molar-refractivity contribution in [1.82, 2.24) is 0 Å². The Labute approximate surface area is 183 Å². The molecule has 0 bridgehead atoms. The zero-order chi connectivity index (χ0) is 25.4. The maximum atomic E-state index is 12.2. The largest absolute Gasteiger partial charge is 0.455 e. The van der Waals surface area contributed by atoms with Crippen LogP contribution in [0.2, 0.25) is 0 Å². The molecule has 0 unspecified atom stereocenters. The monoisotopic (exact) mass is 478 g/mol. The second kappa shape index (κ2) is 11.2. The van der Waals surface area contributed by atoms with Gasteiger partial charge >= 0.3 is 24.3 Å². The predicted octanol–water partition coefficient (Wildman–Crippen LogP) is 4.54. The van der Waals surface area contributed by atoms with Crippen molar-refractivity contribution in [2.75, 3.05) is 0 Å². The van der Waals surface area contributed by atoms with Crippen molar-refractivity contribution < 1.29 is 55.0 Å². The van der Waals surface area contributed by atoms with Crippen LogP contribution in [0, 0.1) is 0 Å². The van der Waals surface area contributed by atoms with Crippen LogP contribution in [0.15, 0.2) is 48.5 Å². The third-order valence-electron chi connectivity index (χ3n) is 3.62. The van der Waals surface area contributed by atoms with E-state index in [4.69, 9.17) is 0 Å². The third-order valence-corrected chi connectivity index (χ3v) is 3.62. The van der Waals surface area contributed by atoms with Gasteiger partial charge in [0.2, 0.25) is 11.6 Å². The van der Waals surface area contributed by atoms with Crippen molar-refractivity contribution in [2.45, 2.75) is 32.8 Å². The zero-order valence-corrected chi connectivity index (χ0v) is 17.0. The van der Waals surface area contributed by atoms with Gasteiger partial charge in [0, 0.05) is 13.8 Å². The number of hydrogen-bond acceptors (Lipinski definition) is 6. The molecule has 0 saturated heterocycles. The molecule has 0 atom stereocenters. The van der Waals surface area contributed by atoms with Gasteiger partial charge in [0.15, 0.2) is 0 Å². The lowest BCUT2D eigenvalue weighted by molar-refractivity contribution is -0.153. The SMILES string of the molecule is CC(=O)C(=O)OCc1ccc(C(F)(F)F)cc1.CC(=O)C(=O)Oc1ccc(C(F)(F)F)cc1. The molecule has 0 aromatic heterocycles. The van der Waals surface area contributed by atoms with Gasteiger partial charge in [-0.15, -0.1) is 0 Å². The average molecular weight is 478 g/mol. The highest BCUT2D eigenvalue weighted by Gasteiger charge is 2.30. The normalized spacial score (nSPS) is 11.0. The van der Waals surface area contributed by atoms with Crippen molar-refractivity contribution in [1.29, 1.82) is 0 Å². The first-order valence-electron chi connectivity index (χ1n) is 8.85. The third kappa shape index (κ3) is 9.54. The number of halogens is 6. The van der Waals surface area contributed by atoms with Crippen molar-refractivity contribution in [3.05, 3.63) is 65.2 Å². The Morgan fingerprint density at radius 1 is 0.667 bits per heavy atom. The van der Waals surface area contributed by atoms with E-state index in [-0.39, 0.29) is 12.4 Å². The van der Waals surface area contributed by atoms with E-state index in [1.165, 1.54) is 12.1 Å². The number of carbonyl (C=O) groups excluding carboxylic acids is 4. The second-order valence-electron chi connectivity index (χ2n) is 6.29. The van der Waals surface area contributed by atoms with Crippen LogP contribution in [-0.2, 0) is 42.9 Å². The number of Topliss-reactive ketones (excluding diaryl/α,β-unsaturated/α-hetero) is 2. The molecule has 2 aromatic rings. The Balaban J connectivity index is 0.000000331. The minimum Gasteiger partial charge on any atom is -0.455 e. The summed E-state index contributed by atoms with van der Waals surface area (Å²) in [5.74, 6) is -3.80. The van der Waals surface area contributed by atoms with E-state index < -0.39 is 47.0 Å². The lowest BCUT2D eigenvalue weighted by Gasteiger charge is -2.07. The highest BCUT2D eigenvalue weighted by atomic mass is 19.4. The fourth-order valence-electron chi connectivity index (χ4n) is 1.93. The van der Waals surface area contributed by atoms with Crippen LogP contribution in [0.3, 0.4) is 0 Å². The lowest BCUT2D eigenvalue weighted by atomic mass is 10.1. The van der Waals surface area contributed by atoms with E-state index in [1.54, 1.807) is 0 Å². The molecule has 0 spiro atoms. The number of ketones is 2. The standard InChI is InChI=1S/C11H9F3O3.C10H7F3O3/c1-7(15)10(16)17-6-8-2-4-9(5-3-8)11(12,13)14;1-6(14)9(15)16-8-4-2-7(3-5-8)10(11,12)13/h2-5H,6H2,1H3;2-5H,1H3. The Hall–Kier alpha value is -3.70. The molecule has 0 fully saturated rings. The number of alkyl halides is 6. The molecule has 0 aliphatic rings. The number of carbonyl (C=O) groups is 4. The number of ether oxygens (including phenoxy) is 2. The van der Waals surface area contributed by atoms with Crippen LogP contribution in [0.5, 0.6) is 5.75 Å². The summed E-state index contributed by atoms with van der Waals surface area (Å²) in [7, 11) is 0. The molecule has 0 amide bonds. The van der Waals surface area contributed by atoms with Gasteiger partial charge in [-0.05, 0) is 42.0 Å². The summed E-state index contributed by atoms with van der Waals surface area (Å²) < 4.78 is 82.1. The maximum Gasteiger partial charge on any atom is 0.416 e. The van der Waals surface area contributed by atoms with Crippen molar-refractivity contribution in [2.24, 2.45) is 0 Å². The highest BCUT2D eigenvalue weighted by molar-refractivity contribution is 6.33. The molecular weight excluding hydrogens is 462 g/mol. The molecule has 0 aliphatic heterocycles. The molecule has 0 aliphatic carbocycles. The minimum atomic E-state index is -4.44. The van der Waals surface area contributed by atoms with Gasteiger partial charge in [0.1, 0.15) is 12.4 Å². The van der Waals surface area contributed by atoms with Crippen LogP contribution < -0.4 is 4.74 Å². The first-order valence-corrected chi connectivity index (χ1v) is 8.85. The number of hydrogen-bond donors (Lipinski definition) is 0. The molecule has 0 heterocycles. The number of benzene rings is 2. The summed E-state index contributed by atoms with van der Waals surface area (Å²) in [5, 5.41) is 0. The summed E-state index contributed by atoms with van der Waals surface area (Å²) in [6, 6.07) is 7.64. The van der Waals surface area contributed by atoms with E-state index in [2.05, 4.69) is 9.47 Å². The molecule has 0 saturated carbocycles. The molecule has 2 rings (SSSR count). The number of esters is 2. The number of rotatable bonds is 5. The van der Waals surface area contributed by atoms with E-state index in [1.807, 2.05) is 0 Å². The van der Waals surface area contributed by atoms with Crippen molar-refractivity contribution in [3.8, 4) is 5.75 Å². The van der Waals surface area contributed by atoms with Gasteiger partial charge in [-0.25, -0.2) is 9.59 Å². The molecule has 2 aromatic carbocycles. The summed E-state index contributed by atoms with van der Waals surface area (Å²) in [6.07, 6.45) is -8.84. The van der Waals surface area contributed by atoms with Crippen LogP contribution in [0.1, 0.15) is 30.5 Å². The first-order chi connectivity index (χ1) is 15.1. The average Bonchev–Trinajstić information content (AvgIpc) is 2.71. The van der Waals surface area contributed by atoms with E-state index in [0.29, 0.717) is 5.56 Å². The Morgan fingerprint density at radius 2 is 1.06 bits per heavy atom. The molecule has 0 radical (unpaired) electrons. The van der Waals surface area contributed by atoms with Gasteiger partial charge in [-0.1, -0.05) is 12.1 Å². The maximum absolute atomic E-state index is 12.2. The van der Waals surface area contributed by atoms with Crippen LogP contribution in [-0.4, -0.2) is 23.5 Å². The summed E-state index contributed by atoms with van der Waals surface area (Å²) in [5.41, 5.74) is -1.25. The first kappa shape index (κ1) is 27.3. The van der Waals surface area contributed by atoms with Crippen molar-refractivity contribution >= 4 is 23.5 Å². The van der Waals surface area contributed by atoms with Gasteiger partial charge < -0.3 is 9.47 Å². The molecule has 33 heavy (non-hydrogen) atoms. The Kier molecular flexibility index (Phi) is 9.32. The van der Waals surface area contributed by atoms with E-state index in [0.717, 1.165) is 50.2 Å². The fraction of sp³-hybridized carbons (Fsp3) is 0.238.